The van der Waals surface area contributed by atoms with Gasteiger partial charge in [-0.25, -0.2) is 4.79 Å². The molecule has 20 heavy (non-hydrogen) atoms. The molecule has 3 nitrogen and oxygen atoms in total. The number of hydrogen-bond donors (Lipinski definition) is 1. The van der Waals surface area contributed by atoms with Gasteiger partial charge in [0.1, 0.15) is 0 Å². The lowest BCUT2D eigenvalue weighted by Gasteiger charge is -2.08. The first-order valence-electron chi connectivity index (χ1n) is 6.97. The van der Waals surface area contributed by atoms with Crippen LogP contribution in [0.15, 0.2) is 42.5 Å². The van der Waals surface area contributed by atoms with Crippen LogP contribution in [0, 0.1) is 0 Å². The number of rotatable bonds is 4. The van der Waals surface area contributed by atoms with E-state index in [0.29, 0.717) is 5.56 Å². The Labute approximate surface area is 117 Å². The first kappa shape index (κ1) is 12.7. The quantitative estimate of drug-likeness (QED) is 0.766. The summed E-state index contributed by atoms with van der Waals surface area (Å²) in [4.78, 5) is 11.5. The molecule has 1 heterocycles. The maximum atomic E-state index is 11.5. The summed E-state index contributed by atoms with van der Waals surface area (Å²) < 4.78 is 2.15. The van der Waals surface area contributed by atoms with Gasteiger partial charge in [0.2, 0.25) is 0 Å². The molecule has 0 unspecified atom stereocenters. The molecule has 0 aliphatic rings. The summed E-state index contributed by atoms with van der Waals surface area (Å²) in [5.41, 5.74) is 2.34. The van der Waals surface area contributed by atoms with Crippen molar-refractivity contribution in [1.29, 1.82) is 0 Å². The molecular formula is C17H17NO2. The Morgan fingerprint density at radius 3 is 2.60 bits per heavy atom. The molecule has 0 aliphatic heterocycles. The largest absolute Gasteiger partial charge is 0.478 e. The zero-order valence-electron chi connectivity index (χ0n) is 11.5. The van der Waals surface area contributed by atoms with Crippen molar-refractivity contribution in [3.8, 4) is 0 Å². The minimum atomic E-state index is -0.865. The van der Waals surface area contributed by atoms with Gasteiger partial charge in [-0.1, -0.05) is 43.7 Å². The highest BCUT2D eigenvalue weighted by Crippen LogP contribution is 2.31. The van der Waals surface area contributed by atoms with Crippen molar-refractivity contribution in [3.63, 3.8) is 0 Å². The van der Waals surface area contributed by atoms with Crippen LogP contribution in [0.4, 0.5) is 0 Å². The van der Waals surface area contributed by atoms with Crippen LogP contribution in [0.1, 0.15) is 30.1 Å². The van der Waals surface area contributed by atoms with E-state index >= 15 is 0 Å². The van der Waals surface area contributed by atoms with Gasteiger partial charge in [-0.05, 0) is 18.6 Å². The van der Waals surface area contributed by atoms with Gasteiger partial charge in [-0.15, -0.1) is 0 Å². The Morgan fingerprint density at radius 1 is 1.10 bits per heavy atom. The maximum Gasteiger partial charge on any atom is 0.337 e. The smallest absolute Gasteiger partial charge is 0.337 e. The highest BCUT2D eigenvalue weighted by atomic mass is 16.4. The molecule has 2 aromatic carbocycles. The fourth-order valence-corrected chi connectivity index (χ4v) is 2.83. The molecule has 3 aromatic rings. The SMILES string of the molecule is CCCCn1c2ccccc2c2cccc(C(=O)O)c21. The number of nitrogens with zero attached hydrogens (tertiary/aromatic N) is 1. The fraction of sp³-hybridized carbons (Fsp3) is 0.235. The van der Waals surface area contributed by atoms with Gasteiger partial charge in [-0.3, -0.25) is 0 Å². The van der Waals surface area contributed by atoms with Gasteiger partial charge in [-0.2, -0.15) is 0 Å². The normalized spacial score (nSPS) is 11.2. The zero-order valence-corrected chi connectivity index (χ0v) is 11.5. The molecule has 0 spiro atoms. The average molecular weight is 267 g/mol. The molecule has 0 fully saturated rings. The topological polar surface area (TPSA) is 42.2 Å². The van der Waals surface area contributed by atoms with Gasteiger partial charge >= 0.3 is 5.97 Å². The lowest BCUT2D eigenvalue weighted by atomic mass is 10.1. The Hall–Kier alpha value is -2.29. The Bertz CT molecular complexity index is 786. The summed E-state index contributed by atoms with van der Waals surface area (Å²) in [6, 6.07) is 13.6. The lowest BCUT2D eigenvalue weighted by molar-refractivity contribution is 0.0698. The van der Waals surface area contributed by atoms with Crippen molar-refractivity contribution in [2.75, 3.05) is 0 Å². The van der Waals surface area contributed by atoms with Crippen molar-refractivity contribution in [2.45, 2.75) is 26.3 Å². The predicted octanol–water partition coefficient (Wildman–Crippen LogP) is 4.29. The van der Waals surface area contributed by atoms with Crippen molar-refractivity contribution in [2.24, 2.45) is 0 Å². The summed E-state index contributed by atoms with van der Waals surface area (Å²) in [7, 11) is 0. The van der Waals surface area contributed by atoms with Gasteiger partial charge in [0.25, 0.3) is 0 Å². The fourth-order valence-electron chi connectivity index (χ4n) is 2.83. The number of carboxylic acid groups (broad SMARTS) is 1. The van der Waals surface area contributed by atoms with E-state index in [1.807, 2.05) is 24.3 Å². The number of carboxylic acids is 1. The van der Waals surface area contributed by atoms with Gasteiger partial charge in [0.05, 0.1) is 11.1 Å². The number of aromatic carboxylic acids is 1. The van der Waals surface area contributed by atoms with Crippen molar-refractivity contribution in [1.82, 2.24) is 4.57 Å². The number of fused-ring (bicyclic) bond motifs is 3. The van der Waals surface area contributed by atoms with E-state index in [4.69, 9.17) is 0 Å². The Kier molecular flexibility index (Phi) is 3.18. The number of hydrogen-bond acceptors (Lipinski definition) is 1. The van der Waals surface area contributed by atoms with E-state index in [1.165, 1.54) is 0 Å². The molecular weight excluding hydrogens is 250 g/mol. The first-order valence-corrected chi connectivity index (χ1v) is 6.97. The minimum Gasteiger partial charge on any atom is -0.478 e. The number of aromatic nitrogens is 1. The number of aryl methyl sites for hydroxylation is 1. The molecule has 3 rings (SSSR count). The zero-order chi connectivity index (χ0) is 14.1. The highest BCUT2D eigenvalue weighted by molar-refractivity contribution is 6.14. The minimum absolute atomic E-state index is 0.384. The molecule has 3 heteroatoms. The molecule has 0 aliphatic carbocycles. The second-order valence-electron chi connectivity index (χ2n) is 5.03. The molecule has 1 N–H and O–H groups in total. The number of unbranched alkanes of at least 4 members (excludes halogenated alkanes) is 1. The van der Waals surface area contributed by atoms with Gasteiger partial charge < -0.3 is 9.67 Å². The van der Waals surface area contributed by atoms with Crippen LogP contribution >= 0.6 is 0 Å². The Morgan fingerprint density at radius 2 is 1.85 bits per heavy atom. The van der Waals surface area contributed by atoms with Crippen LogP contribution in [0.3, 0.4) is 0 Å². The van der Waals surface area contributed by atoms with E-state index in [0.717, 1.165) is 41.2 Å². The summed E-state index contributed by atoms with van der Waals surface area (Å²) in [6.45, 7) is 3.00. The molecule has 0 amide bonds. The maximum absolute atomic E-state index is 11.5. The van der Waals surface area contributed by atoms with E-state index in [9.17, 15) is 9.90 Å². The van der Waals surface area contributed by atoms with Crippen LogP contribution in [-0.2, 0) is 6.54 Å². The standard InChI is InChI=1S/C17H17NO2/c1-2-3-11-18-15-10-5-4-7-12(15)13-8-6-9-14(16(13)18)17(19)20/h4-10H,2-3,11H2,1H3,(H,19,20). The molecule has 0 saturated carbocycles. The highest BCUT2D eigenvalue weighted by Gasteiger charge is 2.16. The van der Waals surface area contributed by atoms with E-state index in [2.05, 4.69) is 23.6 Å². The summed E-state index contributed by atoms with van der Waals surface area (Å²) in [5.74, 6) is -0.865. The third-order valence-electron chi connectivity index (χ3n) is 3.76. The second-order valence-corrected chi connectivity index (χ2v) is 5.03. The number of carbonyl (C=O) groups is 1. The molecule has 0 radical (unpaired) electrons. The van der Waals surface area contributed by atoms with Gasteiger partial charge in [0.15, 0.2) is 0 Å². The monoisotopic (exact) mass is 267 g/mol. The van der Waals surface area contributed by atoms with Crippen LogP contribution in [0.5, 0.6) is 0 Å². The molecule has 1 aromatic heterocycles. The van der Waals surface area contributed by atoms with E-state index in [-0.39, 0.29) is 0 Å². The molecule has 0 bridgehead atoms. The average Bonchev–Trinajstić information content (AvgIpc) is 2.79. The third kappa shape index (κ3) is 1.86. The predicted molar refractivity (Wildman–Crippen MR) is 81.3 cm³/mol. The van der Waals surface area contributed by atoms with Crippen molar-refractivity contribution >= 4 is 27.8 Å². The van der Waals surface area contributed by atoms with E-state index < -0.39 is 5.97 Å². The molecule has 0 saturated heterocycles. The summed E-state index contributed by atoms with van der Waals surface area (Å²) in [5, 5.41) is 11.6. The molecule has 0 atom stereocenters. The number of para-hydroxylation sites is 2. The first-order chi connectivity index (χ1) is 9.74. The number of benzene rings is 2. The van der Waals surface area contributed by atoms with Crippen LogP contribution in [0.25, 0.3) is 21.8 Å². The third-order valence-corrected chi connectivity index (χ3v) is 3.76. The summed E-state index contributed by atoms with van der Waals surface area (Å²) in [6.07, 6.45) is 2.13. The van der Waals surface area contributed by atoms with Crippen molar-refractivity contribution in [3.05, 3.63) is 48.0 Å². The van der Waals surface area contributed by atoms with Crippen LogP contribution in [-0.4, -0.2) is 15.6 Å². The van der Waals surface area contributed by atoms with E-state index in [1.54, 1.807) is 6.07 Å². The molecule has 102 valence electrons. The second kappa shape index (κ2) is 5.00. The Balaban J connectivity index is 2.42. The van der Waals surface area contributed by atoms with Gasteiger partial charge in [0, 0.05) is 22.8 Å². The van der Waals surface area contributed by atoms with Crippen LogP contribution < -0.4 is 0 Å². The van der Waals surface area contributed by atoms with Crippen molar-refractivity contribution < 1.29 is 9.90 Å². The summed E-state index contributed by atoms with van der Waals surface area (Å²) >= 11 is 0. The van der Waals surface area contributed by atoms with Crippen LogP contribution in [0.2, 0.25) is 0 Å². The lowest BCUT2D eigenvalue weighted by Crippen LogP contribution is -2.03.